The van der Waals surface area contributed by atoms with E-state index in [4.69, 9.17) is 21.7 Å². The summed E-state index contributed by atoms with van der Waals surface area (Å²) >= 11 is 6.92. The summed E-state index contributed by atoms with van der Waals surface area (Å²) in [5.41, 5.74) is 2.23. The van der Waals surface area contributed by atoms with E-state index in [1.807, 2.05) is 0 Å². The number of fused-ring (bicyclic) bond motifs is 1. The van der Waals surface area contributed by atoms with Crippen molar-refractivity contribution in [1.29, 1.82) is 0 Å². The number of rotatable bonds is 7. The molecule has 0 saturated heterocycles. The minimum Gasteiger partial charge on any atom is -0.494 e. The van der Waals surface area contributed by atoms with Crippen LogP contribution in [0.3, 0.4) is 0 Å². The highest BCUT2D eigenvalue weighted by Gasteiger charge is 2.34. The third-order valence-corrected chi connectivity index (χ3v) is 7.59. The van der Waals surface area contributed by atoms with Crippen LogP contribution in [0.2, 0.25) is 0 Å². The zero-order chi connectivity index (χ0) is 24.9. The molecule has 2 aromatic rings. The van der Waals surface area contributed by atoms with Crippen LogP contribution in [0.15, 0.2) is 24.3 Å². The number of carbonyl (C=O) groups excluding carboxylic acids is 2. The van der Waals surface area contributed by atoms with E-state index < -0.39 is 0 Å². The van der Waals surface area contributed by atoms with Gasteiger partial charge in [0.25, 0.3) is 5.91 Å². The lowest BCUT2D eigenvalue weighted by molar-refractivity contribution is 0.0600. The Labute approximate surface area is 211 Å². The van der Waals surface area contributed by atoms with Crippen molar-refractivity contribution in [2.24, 2.45) is 11.3 Å². The van der Waals surface area contributed by atoms with E-state index in [0.717, 1.165) is 43.4 Å². The zero-order valence-electron chi connectivity index (χ0n) is 20.6. The molecule has 1 aliphatic carbocycles. The molecule has 2 N–H and O–H groups in total. The summed E-state index contributed by atoms with van der Waals surface area (Å²) < 4.78 is 10.7. The minimum absolute atomic E-state index is 0.143. The molecule has 0 aliphatic heterocycles. The summed E-state index contributed by atoms with van der Waals surface area (Å²) in [7, 11) is 1.38. The molecule has 0 radical (unpaired) electrons. The standard InChI is InChI=1S/C26H34N2O4S2/c1-6-7-14-32-18-11-8-16(9-12-18)22(29)27-25(33)28-23-21(24(30)31-5)19-13-10-17(26(2,3)4)15-20(19)34-23/h8-9,11-12,17H,6-7,10,13-15H2,1-5H3,(H2,27,28,29,33). The van der Waals surface area contributed by atoms with Crippen LogP contribution in [0, 0.1) is 11.3 Å². The number of thiocarbonyl (C=S) groups is 1. The molecule has 1 aliphatic rings. The van der Waals surface area contributed by atoms with Gasteiger partial charge >= 0.3 is 5.97 Å². The average Bonchev–Trinajstić information content (AvgIpc) is 3.15. The number of hydrogen-bond donors (Lipinski definition) is 2. The topological polar surface area (TPSA) is 76.7 Å². The van der Waals surface area contributed by atoms with Crippen LogP contribution in [0.1, 0.15) is 78.1 Å². The monoisotopic (exact) mass is 502 g/mol. The number of hydrogen-bond acceptors (Lipinski definition) is 6. The maximum Gasteiger partial charge on any atom is 0.341 e. The number of anilines is 1. The first kappa shape index (κ1) is 26.2. The second kappa shape index (κ2) is 11.3. The van der Waals surface area contributed by atoms with Crippen molar-refractivity contribution in [3.8, 4) is 5.75 Å². The molecular formula is C26H34N2O4S2. The quantitative estimate of drug-likeness (QED) is 0.275. The third kappa shape index (κ3) is 6.36. The minimum atomic E-state index is -0.387. The van der Waals surface area contributed by atoms with Gasteiger partial charge in [0.05, 0.1) is 19.3 Å². The summed E-state index contributed by atoms with van der Waals surface area (Å²) in [6.07, 6.45) is 4.81. The Morgan fingerprint density at radius 3 is 2.53 bits per heavy atom. The number of benzene rings is 1. The van der Waals surface area contributed by atoms with Gasteiger partial charge < -0.3 is 14.8 Å². The van der Waals surface area contributed by atoms with Crippen molar-refractivity contribution in [1.82, 2.24) is 5.32 Å². The Morgan fingerprint density at radius 2 is 1.91 bits per heavy atom. The van der Waals surface area contributed by atoms with Crippen LogP contribution in [-0.4, -0.2) is 30.7 Å². The Morgan fingerprint density at radius 1 is 1.21 bits per heavy atom. The van der Waals surface area contributed by atoms with Crippen molar-refractivity contribution in [3.63, 3.8) is 0 Å². The van der Waals surface area contributed by atoms with Gasteiger partial charge in [-0.1, -0.05) is 34.1 Å². The Balaban J connectivity index is 1.70. The molecule has 6 nitrogen and oxygen atoms in total. The van der Waals surface area contributed by atoms with Crippen LogP contribution in [0.25, 0.3) is 0 Å². The van der Waals surface area contributed by atoms with E-state index in [0.29, 0.717) is 28.7 Å². The molecule has 3 rings (SSSR count). The predicted molar refractivity (Wildman–Crippen MR) is 141 cm³/mol. The highest BCUT2D eigenvalue weighted by molar-refractivity contribution is 7.80. The van der Waals surface area contributed by atoms with Crippen molar-refractivity contribution in [2.75, 3.05) is 19.0 Å². The van der Waals surface area contributed by atoms with Gasteiger partial charge in [0.15, 0.2) is 5.11 Å². The SMILES string of the molecule is CCCCOc1ccc(C(=O)NC(=S)Nc2sc3c(c2C(=O)OC)CCC(C(C)(C)C)C3)cc1. The maximum atomic E-state index is 12.7. The average molecular weight is 503 g/mol. The lowest BCUT2D eigenvalue weighted by Gasteiger charge is -2.33. The van der Waals surface area contributed by atoms with Crippen LogP contribution in [-0.2, 0) is 17.6 Å². The molecule has 0 saturated carbocycles. The molecule has 8 heteroatoms. The summed E-state index contributed by atoms with van der Waals surface area (Å²) in [5.74, 6) is 0.553. The number of ether oxygens (including phenoxy) is 2. The first-order chi connectivity index (χ1) is 16.1. The van der Waals surface area contributed by atoms with Crippen molar-refractivity contribution in [2.45, 2.75) is 59.8 Å². The van der Waals surface area contributed by atoms with Gasteiger partial charge in [-0.3, -0.25) is 10.1 Å². The Kier molecular flexibility index (Phi) is 8.71. The van der Waals surface area contributed by atoms with E-state index in [1.165, 1.54) is 23.3 Å². The number of esters is 1. The highest BCUT2D eigenvalue weighted by Crippen LogP contribution is 2.44. The second-order valence-corrected chi connectivity index (χ2v) is 11.2. The number of unbranched alkanes of at least 4 members (excludes halogenated alkanes) is 1. The fraction of sp³-hybridized carbons (Fsp3) is 0.500. The molecule has 0 fully saturated rings. The van der Waals surface area contributed by atoms with Crippen molar-refractivity contribution < 1.29 is 19.1 Å². The van der Waals surface area contributed by atoms with Crippen LogP contribution in [0.4, 0.5) is 5.00 Å². The Hall–Kier alpha value is -2.45. The number of amides is 1. The van der Waals surface area contributed by atoms with E-state index in [9.17, 15) is 9.59 Å². The second-order valence-electron chi connectivity index (χ2n) is 9.64. The lowest BCUT2D eigenvalue weighted by atomic mass is 9.72. The third-order valence-electron chi connectivity index (χ3n) is 6.22. The maximum absolute atomic E-state index is 12.7. The van der Waals surface area contributed by atoms with E-state index in [-0.39, 0.29) is 22.4 Å². The van der Waals surface area contributed by atoms with Crippen LogP contribution < -0.4 is 15.4 Å². The lowest BCUT2D eigenvalue weighted by Crippen LogP contribution is -2.34. The molecule has 1 heterocycles. The van der Waals surface area contributed by atoms with Crippen molar-refractivity contribution >= 4 is 45.5 Å². The first-order valence-corrected chi connectivity index (χ1v) is 12.9. The van der Waals surface area contributed by atoms with Crippen LogP contribution in [0.5, 0.6) is 5.75 Å². The molecule has 0 spiro atoms. The molecular weight excluding hydrogens is 468 g/mol. The highest BCUT2D eigenvalue weighted by atomic mass is 32.1. The number of thiophene rings is 1. The summed E-state index contributed by atoms with van der Waals surface area (Å²) in [5, 5.41) is 6.55. The van der Waals surface area contributed by atoms with Gasteiger partial charge in [-0.15, -0.1) is 11.3 Å². The molecule has 1 amide bonds. The summed E-state index contributed by atoms with van der Waals surface area (Å²) in [6.45, 7) is 9.53. The molecule has 1 atom stereocenters. The molecule has 184 valence electrons. The fourth-order valence-electron chi connectivity index (χ4n) is 4.08. The van der Waals surface area contributed by atoms with Gasteiger partial charge in [0.2, 0.25) is 0 Å². The van der Waals surface area contributed by atoms with Crippen LogP contribution >= 0.6 is 23.6 Å². The molecule has 1 aromatic carbocycles. The van der Waals surface area contributed by atoms with Gasteiger partial charge in [0, 0.05) is 10.4 Å². The number of nitrogens with one attached hydrogen (secondary N) is 2. The molecule has 0 bridgehead atoms. The van der Waals surface area contributed by atoms with Gasteiger partial charge in [-0.05, 0) is 79.1 Å². The predicted octanol–water partition coefficient (Wildman–Crippen LogP) is 5.99. The first-order valence-electron chi connectivity index (χ1n) is 11.7. The van der Waals surface area contributed by atoms with Gasteiger partial charge in [-0.2, -0.15) is 0 Å². The number of carbonyl (C=O) groups is 2. The van der Waals surface area contributed by atoms with E-state index in [1.54, 1.807) is 24.3 Å². The fourth-order valence-corrected chi connectivity index (χ4v) is 5.66. The molecule has 1 unspecified atom stereocenters. The van der Waals surface area contributed by atoms with Crippen molar-refractivity contribution in [3.05, 3.63) is 45.8 Å². The van der Waals surface area contributed by atoms with E-state index in [2.05, 4.69) is 38.3 Å². The van der Waals surface area contributed by atoms with Gasteiger partial charge in [-0.25, -0.2) is 4.79 Å². The summed E-state index contributed by atoms with van der Waals surface area (Å²) in [4.78, 5) is 26.5. The zero-order valence-corrected chi connectivity index (χ0v) is 22.2. The smallest absolute Gasteiger partial charge is 0.341 e. The molecule has 34 heavy (non-hydrogen) atoms. The normalized spacial score (nSPS) is 15.3. The number of methoxy groups -OCH3 is 1. The van der Waals surface area contributed by atoms with Gasteiger partial charge in [0.1, 0.15) is 10.8 Å². The molecule has 1 aromatic heterocycles. The van der Waals surface area contributed by atoms with E-state index >= 15 is 0 Å². The largest absolute Gasteiger partial charge is 0.494 e. The Bertz CT molecular complexity index is 1040. The summed E-state index contributed by atoms with van der Waals surface area (Å²) in [6, 6.07) is 6.95.